The van der Waals surface area contributed by atoms with Crippen molar-refractivity contribution in [2.45, 2.75) is 34.1 Å². The third-order valence-corrected chi connectivity index (χ3v) is 3.32. The lowest BCUT2D eigenvalue weighted by atomic mass is 9.87. The van der Waals surface area contributed by atoms with Crippen LogP contribution in [-0.2, 0) is 6.42 Å². The summed E-state index contributed by atoms with van der Waals surface area (Å²) in [6.45, 7) is 8.67. The molecule has 21 heavy (non-hydrogen) atoms. The number of amides is 1. The lowest BCUT2D eigenvalue weighted by Gasteiger charge is -2.19. The molecule has 0 radical (unpaired) electrons. The molecule has 0 spiro atoms. The minimum absolute atomic E-state index is 0.0633. The highest BCUT2D eigenvalue weighted by Crippen LogP contribution is 2.24. The van der Waals surface area contributed by atoms with Gasteiger partial charge in [-0.1, -0.05) is 51.1 Å². The van der Waals surface area contributed by atoms with Crippen LogP contribution >= 0.6 is 0 Å². The van der Waals surface area contributed by atoms with Gasteiger partial charge in [0.2, 0.25) is 0 Å². The van der Waals surface area contributed by atoms with Crippen LogP contribution in [0.1, 0.15) is 42.3 Å². The maximum atomic E-state index is 12.3. The van der Waals surface area contributed by atoms with Crippen molar-refractivity contribution in [2.75, 3.05) is 5.32 Å². The van der Waals surface area contributed by atoms with Gasteiger partial charge < -0.3 is 5.32 Å². The van der Waals surface area contributed by atoms with Gasteiger partial charge in [-0.25, -0.2) is 0 Å². The van der Waals surface area contributed by atoms with Crippen LogP contribution < -0.4 is 5.32 Å². The fourth-order valence-corrected chi connectivity index (χ4v) is 2.31. The lowest BCUT2D eigenvalue weighted by Crippen LogP contribution is -2.14. The molecule has 0 aliphatic carbocycles. The van der Waals surface area contributed by atoms with Crippen molar-refractivity contribution in [1.82, 2.24) is 0 Å². The van der Waals surface area contributed by atoms with E-state index < -0.39 is 0 Å². The summed E-state index contributed by atoms with van der Waals surface area (Å²) in [6.07, 6.45) is 0.988. The summed E-state index contributed by atoms with van der Waals surface area (Å²) in [5.41, 5.74) is 4.13. The molecule has 2 heteroatoms. The minimum atomic E-state index is -0.0633. The van der Waals surface area contributed by atoms with Crippen LogP contribution in [0.3, 0.4) is 0 Å². The van der Waals surface area contributed by atoms with Crippen LogP contribution in [-0.4, -0.2) is 5.91 Å². The number of nitrogens with one attached hydrogen (secondary N) is 1. The maximum absolute atomic E-state index is 12.3. The molecule has 0 fully saturated rings. The summed E-state index contributed by atoms with van der Waals surface area (Å²) in [5, 5.41) is 3.01. The zero-order valence-corrected chi connectivity index (χ0v) is 13.2. The first-order valence-corrected chi connectivity index (χ1v) is 7.31. The first-order valence-electron chi connectivity index (χ1n) is 7.31. The van der Waals surface area contributed by atoms with Gasteiger partial charge in [-0.05, 0) is 48.1 Å². The van der Waals surface area contributed by atoms with Crippen molar-refractivity contribution in [1.29, 1.82) is 0 Å². The molecule has 0 aromatic heterocycles. The summed E-state index contributed by atoms with van der Waals surface area (Å²) in [7, 11) is 0. The van der Waals surface area contributed by atoms with Crippen LogP contribution in [0.15, 0.2) is 48.5 Å². The third-order valence-electron chi connectivity index (χ3n) is 3.32. The summed E-state index contributed by atoms with van der Waals surface area (Å²) < 4.78 is 0. The number of carbonyl (C=O) groups excluding carboxylic acids is 1. The van der Waals surface area contributed by atoms with Gasteiger partial charge in [0.15, 0.2) is 0 Å². The monoisotopic (exact) mass is 281 g/mol. The molecule has 0 aliphatic rings. The van der Waals surface area contributed by atoms with Gasteiger partial charge in [-0.2, -0.15) is 0 Å². The second-order valence-electron chi connectivity index (χ2n) is 6.71. The summed E-state index contributed by atoms with van der Waals surface area (Å²) >= 11 is 0. The van der Waals surface area contributed by atoms with E-state index in [1.165, 1.54) is 5.56 Å². The Bertz CT molecular complexity index is 624. The van der Waals surface area contributed by atoms with Crippen molar-refractivity contribution in [3.63, 3.8) is 0 Å². The Morgan fingerprint density at radius 3 is 2.33 bits per heavy atom. The van der Waals surface area contributed by atoms with Crippen molar-refractivity contribution >= 4 is 11.6 Å². The van der Waals surface area contributed by atoms with E-state index in [1.54, 1.807) is 0 Å². The van der Waals surface area contributed by atoms with E-state index in [4.69, 9.17) is 0 Å². The van der Waals surface area contributed by atoms with Crippen LogP contribution in [0.5, 0.6) is 0 Å². The fourth-order valence-electron chi connectivity index (χ4n) is 2.31. The largest absolute Gasteiger partial charge is 0.322 e. The van der Waals surface area contributed by atoms with Gasteiger partial charge >= 0.3 is 0 Å². The number of anilines is 1. The lowest BCUT2D eigenvalue weighted by molar-refractivity contribution is 0.102. The Morgan fingerprint density at radius 1 is 1.05 bits per heavy atom. The molecule has 0 saturated carbocycles. The van der Waals surface area contributed by atoms with E-state index in [1.807, 2.05) is 37.3 Å². The predicted molar refractivity (Wildman–Crippen MR) is 88.7 cm³/mol. The fraction of sp³-hybridized carbons (Fsp3) is 0.316. The zero-order chi connectivity index (χ0) is 15.5. The van der Waals surface area contributed by atoms with Gasteiger partial charge in [0.1, 0.15) is 0 Å². The van der Waals surface area contributed by atoms with Gasteiger partial charge in [0.05, 0.1) is 0 Å². The van der Waals surface area contributed by atoms with Gasteiger partial charge in [0.25, 0.3) is 5.91 Å². The molecule has 0 unspecified atom stereocenters. The molecular formula is C19H23NO. The molecular weight excluding hydrogens is 258 g/mol. The van der Waals surface area contributed by atoms with E-state index in [9.17, 15) is 4.79 Å². The second-order valence-corrected chi connectivity index (χ2v) is 6.71. The average molecular weight is 281 g/mol. The van der Waals surface area contributed by atoms with Gasteiger partial charge in [-0.3, -0.25) is 4.79 Å². The van der Waals surface area contributed by atoms with Crippen LogP contribution in [0.25, 0.3) is 0 Å². The van der Waals surface area contributed by atoms with Crippen molar-refractivity contribution in [3.8, 4) is 0 Å². The van der Waals surface area contributed by atoms with Crippen molar-refractivity contribution < 1.29 is 4.79 Å². The highest BCUT2D eigenvalue weighted by molar-refractivity contribution is 6.04. The normalized spacial score (nSPS) is 11.2. The Labute approximate surface area is 127 Å². The highest BCUT2D eigenvalue weighted by atomic mass is 16.1. The number of hydrogen-bond acceptors (Lipinski definition) is 1. The Hall–Kier alpha value is -2.09. The minimum Gasteiger partial charge on any atom is -0.322 e. The standard InChI is InChI=1S/C19H23NO/c1-14-10-11-15(13-19(2,3)4)12-17(14)20-18(21)16-8-6-5-7-9-16/h5-12H,13H2,1-4H3,(H,20,21). The predicted octanol–water partition coefficient (Wildman–Crippen LogP) is 4.84. The first-order chi connectivity index (χ1) is 9.85. The molecule has 2 nitrogen and oxygen atoms in total. The van der Waals surface area contributed by atoms with E-state index in [2.05, 4.69) is 44.3 Å². The highest BCUT2D eigenvalue weighted by Gasteiger charge is 2.13. The van der Waals surface area contributed by atoms with E-state index in [0.29, 0.717) is 5.56 Å². The van der Waals surface area contributed by atoms with E-state index in [0.717, 1.165) is 17.7 Å². The van der Waals surface area contributed by atoms with E-state index >= 15 is 0 Å². The molecule has 110 valence electrons. The topological polar surface area (TPSA) is 29.1 Å². The van der Waals surface area contributed by atoms with Crippen LogP contribution in [0, 0.1) is 12.3 Å². The molecule has 2 rings (SSSR count). The molecule has 0 atom stereocenters. The number of benzene rings is 2. The number of hydrogen-bond donors (Lipinski definition) is 1. The van der Waals surface area contributed by atoms with Crippen LogP contribution in [0.2, 0.25) is 0 Å². The van der Waals surface area contributed by atoms with Crippen molar-refractivity contribution in [3.05, 3.63) is 65.2 Å². The smallest absolute Gasteiger partial charge is 0.255 e. The van der Waals surface area contributed by atoms with E-state index in [-0.39, 0.29) is 11.3 Å². The molecule has 2 aromatic rings. The Morgan fingerprint density at radius 2 is 1.71 bits per heavy atom. The quantitative estimate of drug-likeness (QED) is 0.857. The van der Waals surface area contributed by atoms with Gasteiger partial charge in [-0.15, -0.1) is 0 Å². The molecule has 1 N–H and O–H groups in total. The van der Waals surface area contributed by atoms with Crippen LogP contribution in [0.4, 0.5) is 5.69 Å². The molecule has 0 saturated heterocycles. The Balaban J connectivity index is 2.20. The average Bonchev–Trinajstić information content (AvgIpc) is 2.42. The summed E-state index contributed by atoms with van der Waals surface area (Å²) in [5.74, 6) is -0.0633. The third kappa shape index (κ3) is 4.45. The Kier molecular flexibility index (Phi) is 4.46. The number of rotatable bonds is 3. The van der Waals surface area contributed by atoms with Crippen molar-refractivity contribution in [2.24, 2.45) is 5.41 Å². The number of carbonyl (C=O) groups is 1. The molecule has 1 amide bonds. The maximum Gasteiger partial charge on any atom is 0.255 e. The summed E-state index contributed by atoms with van der Waals surface area (Å²) in [4.78, 5) is 12.3. The molecule has 2 aromatic carbocycles. The first kappa shape index (κ1) is 15.3. The zero-order valence-electron chi connectivity index (χ0n) is 13.2. The molecule has 0 aliphatic heterocycles. The second kappa shape index (κ2) is 6.13. The van der Waals surface area contributed by atoms with Gasteiger partial charge in [0, 0.05) is 11.3 Å². The SMILES string of the molecule is Cc1ccc(CC(C)(C)C)cc1NC(=O)c1ccccc1. The molecule has 0 bridgehead atoms. The number of aryl methyl sites for hydroxylation is 1. The summed E-state index contributed by atoms with van der Waals surface area (Å²) in [6, 6.07) is 15.6. The molecule has 0 heterocycles.